The smallest absolute Gasteiger partial charge is 0.463 e. The van der Waals surface area contributed by atoms with Gasteiger partial charge in [-0.3, -0.25) is 27.7 Å². The van der Waals surface area contributed by atoms with Crippen molar-refractivity contribution in [2.24, 2.45) is 0 Å². The third kappa shape index (κ3) is 51.3. The van der Waals surface area contributed by atoms with Gasteiger partial charge in [-0.25, -0.2) is 9.13 Å². The van der Waals surface area contributed by atoms with Crippen molar-refractivity contribution in [2.45, 2.75) is 173 Å². The summed E-state index contributed by atoms with van der Waals surface area (Å²) in [4.78, 5) is 43.9. The molecule has 0 heterocycles. The first-order chi connectivity index (χ1) is 34.8. The zero-order valence-electron chi connectivity index (χ0n) is 43.3. The van der Waals surface area contributed by atoms with Crippen LogP contribution in [0.15, 0.2) is 122 Å². The molecule has 0 aliphatic heterocycles. The van der Waals surface area contributed by atoms with E-state index in [2.05, 4.69) is 153 Å². The van der Waals surface area contributed by atoms with Gasteiger partial charge in [-0.05, 0) is 103 Å². The number of allylic oxidation sites excluding steroid dienone is 20. The molecule has 0 radical (unpaired) electrons. The summed E-state index contributed by atoms with van der Waals surface area (Å²) in [5, 5.41) is 30.1. The minimum Gasteiger partial charge on any atom is -0.463 e. The molecule has 15 nitrogen and oxygen atoms in total. The lowest BCUT2D eigenvalue weighted by Crippen LogP contribution is -2.25. The van der Waals surface area contributed by atoms with Crippen LogP contribution >= 0.6 is 15.6 Å². The van der Waals surface area contributed by atoms with Crippen LogP contribution in [-0.4, -0.2) is 95.0 Å². The number of phosphoric ester groups is 2. The van der Waals surface area contributed by atoms with Gasteiger partial charge in [0, 0.05) is 12.8 Å². The fourth-order valence-corrected chi connectivity index (χ4v) is 7.56. The maximum absolute atomic E-state index is 12.2. The summed E-state index contributed by atoms with van der Waals surface area (Å²) in [7, 11) is -9.61. The number of unbranched alkanes of at least 4 members (excludes halogenated alkanes) is 8. The fourth-order valence-electron chi connectivity index (χ4n) is 5.97. The SMILES string of the molecule is CC/C=C\C/C=C\C/C=C\C/C=C\C/C=C\CCCCCCCC(=O)OCC(O)COP(=O)(O)OCC(O)COP(=O)(O)OCC(O)COC(=O)CCCCC/C=C\C/C=C\C/C=C\C/C=C\C/C=C\CC. The number of aliphatic hydroxyl groups is 3. The lowest BCUT2D eigenvalue weighted by atomic mass is 10.1. The number of carbonyl (C=O) groups excluding carboxylic acids is 2. The van der Waals surface area contributed by atoms with Gasteiger partial charge in [0.15, 0.2) is 0 Å². The molecule has 0 fully saturated rings. The number of ether oxygens (including phenoxy) is 2. The van der Waals surface area contributed by atoms with Gasteiger partial charge < -0.3 is 34.6 Å². The van der Waals surface area contributed by atoms with Crippen molar-refractivity contribution in [3.63, 3.8) is 0 Å². The zero-order valence-corrected chi connectivity index (χ0v) is 45.1. The third-order valence-corrected chi connectivity index (χ3v) is 11.8. The predicted molar refractivity (Wildman–Crippen MR) is 288 cm³/mol. The molecular weight excluding hydrogens is 963 g/mol. The van der Waals surface area contributed by atoms with E-state index in [1.165, 1.54) is 0 Å². The lowest BCUT2D eigenvalue weighted by Gasteiger charge is -2.19. The van der Waals surface area contributed by atoms with E-state index < -0.39 is 85.5 Å². The van der Waals surface area contributed by atoms with E-state index in [0.717, 1.165) is 116 Å². The van der Waals surface area contributed by atoms with Crippen LogP contribution in [0.25, 0.3) is 0 Å². The molecular formula is C55H90O15P2. The number of aliphatic hydroxyl groups excluding tert-OH is 3. The highest BCUT2D eigenvalue weighted by Crippen LogP contribution is 2.45. The van der Waals surface area contributed by atoms with Crippen LogP contribution in [0.1, 0.15) is 155 Å². The quantitative estimate of drug-likeness (QED) is 0.0165. The van der Waals surface area contributed by atoms with Gasteiger partial charge in [0.25, 0.3) is 0 Å². The van der Waals surface area contributed by atoms with Crippen molar-refractivity contribution in [1.29, 1.82) is 0 Å². The summed E-state index contributed by atoms with van der Waals surface area (Å²) in [5.41, 5.74) is 0. The fraction of sp³-hybridized carbons (Fsp3) is 0.600. The van der Waals surface area contributed by atoms with Crippen molar-refractivity contribution in [1.82, 2.24) is 0 Å². The summed E-state index contributed by atoms with van der Waals surface area (Å²) < 4.78 is 53.1. The Bertz CT molecular complexity index is 1750. The summed E-state index contributed by atoms with van der Waals surface area (Å²) >= 11 is 0. The monoisotopic (exact) mass is 1050 g/mol. The molecule has 0 aliphatic carbocycles. The highest BCUT2D eigenvalue weighted by atomic mass is 31.2. The van der Waals surface area contributed by atoms with Crippen molar-refractivity contribution in [2.75, 3.05) is 39.6 Å². The van der Waals surface area contributed by atoms with Crippen LogP contribution in [0.2, 0.25) is 0 Å². The Hall–Kier alpha value is -3.56. The van der Waals surface area contributed by atoms with Gasteiger partial charge in [-0.1, -0.05) is 161 Å². The first-order valence-electron chi connectivity index (χ1n) is 25.9. The molecule has 0 rings (SSSR count). The molecule has 0 saturated carbocycles. The van der Waals surface area contributed by atoms with E-state index >= 15 is 0 Å². The Balaban J connectivity index is 3.94. The highest BCUT2D eigenvalue weighted by molar-refractivity contribution is 7.47. The second-order valence-electron chi connectivity index (χ2n) is 16.8. The van der Waals surface area contributed by atoms with Crippen LogP contribution in [0.3, 0.4) is 0 Å². The van der Waals surface area contributed by atoms with Crippen molar-refractivity contribution in [3.05, 3.63) is 122 Å². The molecule has 410 valence electrons. The Kier molecular flexibility index (Phi) is 47.2. The molecule has 5 N–H and O–H groups in total. The zero-order chi connectivity index (χ0) is 53.1. The normalized spacial score (nSPS) is 15.8. The summed E-state index contributed by atoms with van der Waals surface area (Å²) in [5.74, 6) is -1.05. The van der Waals surface area contributed by atoms with Crippen molar-refractivity contribution >= 4 is 27.6 Å². The van der Waals surface area contributed by atoms with Crippen molar-refractivity contribution in [3.8, 4) is 0 Å². The van der Waals surface area contributed by atoms with Crippen LogP contribution in [0.4, 0.5) is 0 Å². The van der Waals surface area contributed by atoms with E-state index in [0.29, 0.717) is 12.8 Å². The molecule has 0 amide bonds. The molecule has 0 aromatic rings. The van der Waals surface area contributed by atoms with E-state index in [9.17, 15) is 43.8 Å². The number of hydrogen-bond donors (Lipinski definition) is 5. The van der Waals surface area contributed by atoms with Crippen LogP contribution < -0.4 is 0 Å². The first kappa shape index (κ1) is 68.4. The number of esters is 2. The standard InChI is InChI=1S/C55H90O15P2/c1-3-5-7-9-11-13-15-17-19-21-23-24-26-28-30-32-34-36-38-40-42-44-55(60)66-46-52(57)48-68-72(63,64)70-50-53(58)49-69-71(61,62)67-47-51(56)45-65-54(59)43-41-39-37-35-33-31-29-27-25-22-20-18-16-14-12-10-8-6-4-2/h5-8,11-14,17-20,23-25,27-28,30-31,33,51-53,56-58H,3-4,9-10,15-16,21-22,26,29,32,34-50H2,1-2H3,(H,61,62)(H,63,64)/b7-5-,8-6-,13-11-,14-12-,19-17-,20-18-,24-23-,27-25-,30-28-,33-31-. The summed E-state index contributed by atoms with van der Waals surface area (Å²) in [6.45, 7) is 0.104. The minimum absolute atomic E-state index is 0.151. The largest absolute Gasteiger partial charge is 0.472 e. The predicted octanol–water partition coefficient (Wildman–Crippen LogP) is 12.6. The Labute approximate surface area is 432 Å². The molecule has 0 aromatic carbocycles. The maximum atomic E-state index is 12.2. The molecule has 17 heteroatoms. The topological polar surface area (TPSA) is 225 Å². The van der Waals surface area contributed by atoms with E-state index in [-0.39, 0.29) is 12.8 Å². The van der Waals surface area contributed by atoms with E-state index in [1.807, 2.05) is 0 Å². The van der Waals surface area contributed by atoms with E-state index in [1.54, 1.807) is 0 Å². The molecule has 0 aromatic heterocycles. The molecule has 0 aliphatic rings. The molecule has 5 atom stereocenters. The molecule has 0 spiro atoms. The third-order valence-electron chi connectivity index (χ3n) is 9.91. The van der Waals surface area contributed by atoms with Gasteiger partial charge in [0.1, 0.15) is 31.5 Å². The second-order valence-corrected chi connectivity index (χ2v) is 19.7. The van der Waals surface area contributed by atoms with Crippen LogP contribution in [0, 0.1) is 0 Å². The molecule has 0 bridgehead atoms. The molecule has 5 unspecified atom stereocenters. The van der Waals surface area contributed by atoms with Crippen molar-refractivity contribution < 1.29 is 71.4 Å². The lowest BCUT2D eigenvalue weighted by molar-refractivity contribution is -0.148. The number of rotatable bonds is 48. The van der Waals surface area contributed by atoms with E-state index in [4.69, 9.17) is 9.47 Å². The van der Waals surface area contributed by atoms with Gasteiger partial charge >= 0.3 is 27.6 Å². The summed E-state index contributed by atoms with van der Waals surface area (Å²) in [6.07, 6.45) is 57.5. The van der Waals surface area contributed by atoms with Gasteiger partial charge in [-0.2, -0.15) is 0 Å². The van der Waals surface area contributed by atoms with Gasteiger partial charge in [0.2, 0.25) is 0 Å². The highest BCUT2D eigenvalue weighted by Gasteiger charge is 2.28. The van der Waals surface area contributed by atoms with Gasteiger partial charge in [0.05, 0.1) is 26.4 Å². The maximum Gasteiger partial charge on any atom is 0.472 e. The number of hydrogen-bond acceptors (Lipinski definition) is 13. The Morgan fingerprint density at radius 1 is 0.361 bits per heavy atom. The van der Waals surface area contributed by atoms with Crippen LogP contribution in [0.5, 0.6) is 0 Å². The van der Waals surface area contributed by atoms with Gasteiger partial charge in [-0.15, -0.1) is 0 Å². The Morgan fingerprint density at radius 3 is 0.903 bits per heavy atom. The summed E-state index contributed by atoms with van der Waals surface area (Å²) in [6, 6.07) is 0. The average molecular weight is 1050 g/mol. The Morgan fingerprint density at radius 2 is 0.597 bits per heavy atom. The minimum atomic E-state index is -4.81. The molecule has 0 saturated heterocycles. The first-order valence-corrected chi connectivity index (χ1v) is 28.9. The molecule has 72 heavy (non-hydrogen) atoms. The number of phosphoric acid groups is 2. The van der Waals surface area contributed by atoms with Crippen LogP contribution in [-0.2, 0) is 46.3 Å². The average Bonchev–Trinajstić information content (AvgIpc) is 3.36. The number of carbonyl (C=O) groups is 2. The second kappa shape index (κ2) is 49.6.